The standard InChI is InChI=1S/C22H22N4O5/c1-3-31-14-10-8-13(9-11-14)15-12-16(25-24-15)19-20(27)23-22(29)26(21(19)28)17-6-4-5-7-18(17)30-2/h4-11,15,24,28H,3,12H2,1-2H3,(H,23,27,29)/t15-/m0/s1. The molecule has 0 bridgehead atoms. The third kappa shape index (κ3) is 3.77. The normalized spacial score (nSPS) is 15.3. The molecule has 1 aromatic heterocycles. The third-order valence-electron chi connectivity index (χ3n) is 5.05. The minimum absolute atomic E-state index is 0.0635. The lowest BCUT2D eigenvalue weighted by Gasteiger charge is -2.14. The van der Waals surface area contributed by atoms with Crippen LogP contribution in [0.2, 0.25) is 0 Å². The van der Waals surface area contributed by atoms with Crippen molar-refractivity contribution in [2.24, 2.45) is 5.10 Å². The molecule has 3 aromatic rings. The summed E-state index contributed by atoms with van der Waals surface area (Å²) < 4.78 is 11.8. The predicted molar refractivity (Wildman–Crippen MR) is 116 cm³/mol. The Morgan fingerprint density at radius 2 is 1.90 bits per heavy atom. The van der Waals surface area contributed by atoms with Crippen molar-refractivity contribution < 1.29 is 14.6 Å². The smallest absolute Gasteiger partial charge is 0.335 e. The van der Waals surface area contributed by atoms with E-state index in [4.69, 9.17) is 9.47 Å². The Labute approximate surface area is 177 Å². The van der Waals surface area contributed by atoms with Gasteiger partial charge in [0, 0.05) is 6.42 Å². The van der Waals surface area contributed by atoms with Crippen molar-refractivity contribution in [1.29, 1.82) is 0 Å². The number of aromatic amines is 1. The number of para-hydroxylation sites is 2. The number of rotatable bonds is 6. The highest BCUT2D eigenvalue weighted by atomic mass is 16.5. The minimum atomic E-state index is -0.773. The second kappa shape index (κ2) is 8.39. The van der Waals surface area contributed by atoms with Gasteiger partial charge in [-0.15, -0.1) is 0 Å². The molecule has 0 fully saturated rings. The van der Waals surface area contributed by atoms with Crippen LogP contribution in [0.3, 0.4) is 0 Å². The first-order valence-corrected chi connectivity index (χ1v) is 9.80. The van der Waals surface area contributed by atoms with Gasteiger partial charge in [-0.2, -0.15) is 5.10 Å². The second-order valence-corrected chi connectivity index (χ2v) is 6.91. The van der Waals surface area contributed by atoms with Crippen molar-refractivity contribution in [3.63, 3.8) is 0 Å². The van der Waals surface area contributed by atoms with Gasteiger partial charge in [0.1, 0.15) is 17.1 Å². The SMILES string of the molecule is CCOc1ccc([C@@H]2CC(c3c(O)n(-c4ccccc4OC)c(=O)[nH]c3=O)=NN2)cc1. The summed E-state index contributed by atoms with van der Waals surface area (Å²) in [5, 5.41) is 15.2. The summed E-state index contributed by atoms with van der Waals surface area (Å²) >= 11 is 0. The number of H-pyrrole nitrogens is 1. The Morgan fingerprint density at radius 3 is 2.61 bits per heavy atom. The summed E-state index contributed by atoms with van der Waals surface area (Å²) in [6, 6.07) is 14.1. The first-order valence-electron chi connectivity index (χ1n) is 9.80. The molecule has 160 valence electrons. The summed E-state index contributed by atoms with van der Waals surface area (Å²) in [4.78, 5) is 27.3. The lowest BCUT2D eigenvalue weighted by molar-refractivity contribution is 0.340. The van der Waals surface area contributed by atoms with E-state index in [1.807, 2.05) is 31.2 Å². The number of aromatic hydroxyl groups is 1. The van der Waals surface area contributed by atoms with Crippen molar-refractivity contribution in [2.75, 3.05) is 13.7 Å². The highest BCUT2D eigenvalue weighted by Gasteiger charge is 2.28. The lowest BCUT2D eigenvalue weighted by Crippen LogP contribution is -2.33. The number of nitrogens with zero attached hydrogens (tertiary/aromatic N) is 2. The van der Waals surface area contributed by atoms with E-state index in [9.17, 15) is 14.7 Å². The molecule has 9 heteroatoms. The number of benzene rings is 2. The fourth-order valence-corrected chi connectivity index (χ4v) is 3.58. The first-order chi connectivity index (χ1) is 15.0. The molecule has 9 nitrogen and oxygen atoms in total. The number of aromatic nitrogens is 2. The zero-order valence-corrected chi connectivity index (χ0v) is 17.1. The number of nitrogens with one attached hydrogen (secondary N) is 2. The molecular weight excluding hydrogens is 400 g/mol. The molecule has 3 N–H and O–H groups in total. The molecule has 31 heavy (non-hydrogen) atoms. The molecule has 1 aliphatic rings. The van der Waals surface area contributed by atoms with Gasteiger partial charge in [-0.25, -0.2) is 9.36 Å². The van der Waals surface area contributed by atoms with Crippen LogP contribution >= 0.6 is 0 Å². The molecule has 1 aliphatic heterocycles. The molecule has 0 unspecified atom stereocenters. The summed E-state index contributed by atoms with van der Waals surface area (Å²) in [6.45, 7) is 2.50. The van der Waals surface area contributed by atoms with Crippen molar-refractivity contribution in [3.8, 4) is 23.1 Å². The van der Waals surface area contributed by atoms with Gasteiger partial charge in [0.25, 0.3) is 5.56 Å². The molecular formula is C22H22N4O5. The van der Waals surface area contributed by atoms with E-state index in [-0.39, 0.29) is 11.6 Å². The quantitative estimate of drug-likeness (QED) is 0.560. The van der Waals surface area contributed by atoms with E-state index in [1.54, 1.807) is 24.3 Å². The highest BCUT2D eigenvalue weighted by Crippen LogP contribution is 2.29. The van der Waals surface area contributed by atoms with E-state index in [2.05, 4.69) is 15.5 Å². The molecule has 0 amide bonds. The van der Waals surface area contributed by atoms with E-state index in [0.29, 0.717) is 30.2 Å². The van der Waals surface area contributed by atoms with Gasteiger partial charge in [0.15, 0.2) is 0 Å². The number of methoxy groups -OCH3 is 1. The van der Waals surface area contributed by atoms with Gasteiger partial charge >= 0.3 is 5.69 Å². The number of hydrogen-bond donors (Lipinski definition) is 3. The van der Waals surface area contributed by atoms with Crippen LogP contribution < -0.4 is 26.1 Å². The van der Waals surface area contributed by atoms with Crippen LogP contribution in [-0.4, -0.2) is 34.1 Å². The average molecular weight is 422 g/mol. The van der Waals surface area contributed by atoms with E-state index in [1.165, 1.54) is 7.11 Å². The molecule has 4 rings (SSSR count). The maximum Gasteiger partial charge on any atom is 0.335 e. The fraction of sp³-hybridized carbons (Fsp3) is 0.227. The van der Waals surface area contributed by atoms with Crippen molar-refractivity contribution >= 4 is 5.71 Å². The largest absolute Gasteiger partial charge is 0.495 e. The number of hydrazone groups is 1. The Bertz CT molecular complexity index is 1240. The first kappa shape index (κ1) is 20.3. The summed E-state index contributed by atoms with van der Waals surface area (Å²) in [5.74, 6) is 0.645. The van der Waals surface area contributed by atoms with Crippen LogP contribution in [0.4, 0.5) is 0 Å². The van der Waals surface area contributed by atoms with E-state index in [0.717, 1.165) is 15.9 Å². The molecule has 0 aliphatic carbocycles. The van der Waals surface area contributed by atoms with Crippen LogP contribution in [0.25, 0.3) is 5.69 Å². The Balaban J connectivity index is 1.69. The molecule has 1 atom stereocenters. The van der Waals surface area contributed by atoms with Crippen LogP contribution in [0.1, 0.15) is 30.5 Å². The summed E-state index contributed by atoms with van der Waals surface area (Å²) in [7, 11) is 1.46. The number of ether oxygens (including phenoxy) is 2. The fourth-order valence-electron chi connectivity index (χ4n) is 3.58. The monoisotopic (exact) mass is 422 g/mol. The molecule has 0 spiro atoms. The Morgan fingerprint density at radius 1 is 1.16 bits per heavy atom. The van der Waals surface area contributed by atoms with Crippen LogP contribution in [0.5, 0.6) is 17.4 Å². The van der Waals surface area contributed by atoms with Gasteiger partial charge in [0.05, 0.1) is 31.2 Å². The average Bonchev–Trinajstić information content (AvgIpc) is 3.24. The van der Waals surface area contributed by atoms with Crippen molar-refractivity contribution in [2.45, 2.75) is 19.4 Å². The molecule has 0 saturated heterocycles. The van der Waals surface area contributed by atoms with Gasteiger partial charge in [-0.1, -0.05) is 24.3 Å². The summed E-state index contributed by atoms with van der Waals surface area (Å²) in [5.41, 5.74) is 3.06. The van der Waals surface area contributed by atoms with Crippen LogP contribution in [-0.2, 0) is 0 Å². The molecule has 0 radical (unpaired) electrons. The van der Waals surface area contributed by atoms with Gasteiger partial charge < -0.3 is 20.0 Å². The van der Waals surface area contributed by atoms with Crippen molar-refractivity contribution in [1.82, 2.24) is 15.0 Å². The minimum Gasteiger partial charge on any atom is -0.495 e. The van der Waals surface area contributed by atoms with Gasteiger partial charge in [-0.05, 0) is 36.8 Å². The lowest BCUT2D eigenvalue weighted by atomic mass is 10.00. The maximum atomic E-state index is 12.6. The van der Waals surface area contributed by atoms with Crippen molar-refractivity contribution in [3.05, 3.63) is 80.5 Å². The maximum absolute atomic E-state index is 12.6. The summed E-state index contributed by atoms with van der Waals surface area (Å²) in [6.07, 6.45) is 0.356. The second-order valence-electron chi connectivity index (χ2n) is 6.91. The Hall–Kier alpha value is -4.01. The van der Waals surface area contributed by atoms with Crippen LogP contribution in [0, 0.1) is 0 Å². The Kier molecular flexibility index (Phi) is 5.48. The number of hydrogen-bond acceptors (Lipinski definition) is 7. The predicted octanol–water partition coefficient (Wildman–Crippen LogP) is 2.08. The van der Waals surface area contributed by atoms with Crippen LogP contribution in [0.15, 0.2) is 63.2 Å². The van der Waals surface area contributed by atoms with E-state index < -0.39 is 17.1 Å². The van der Waals surface area contributed by atoms with Gasteiger partial charge in [0.2, 0.25) is 5.88 Å². The zero-order chi connectivity index (χ0) is 22.0. The molecule has 0 saturated carbocycles. The topological polar surface area (TPSA) is 118 Å². The van der Waals surface area contributed by atoms with E-state index >= 15 is 0 Å². The van der Waals surface area contributed by atoms with Gasteiger partial charge in [-0.3, -0.25) is 9.78 Å². The zero-order valence-electron chi connectivity index (χ0n) is 17.1. The molecule has 2 heterocycles. The third-order valence-corrected chi connectivity index (χ3v) is 5.05. The molecule has 2 aromatic carbocycles. The highest BCUT2D eigenvalue weighted by molar-refractivity contribution is 6.03.